The van der Waals surface area contributed by atoms with Crippen LogP contribution in [-0.4, -0.2) is 44.1 Å². The third-order valence-electron chi connectivity index (χ3n) is 4.88. The molecule has 1 amide bonds. The smallest absolute Gasteiger partial charge is 0.416 e. The Balaban J connectivity index is 1.61. The third-order valence-corrected chi connectivity index (χ3v) is 4.88. The van der Waals surface area contributed by atoms with Crippen LogP contribution in [0.15, 0.2) is 54.6 Å². The molecule has 1 heterocycles. The zero-order chi connectivity index (χ0) is 20.9. The van der Waals surface area contributed by atoms with E-state index in [1.165, 1.54) is 18.2 Å². The molecular formula is C22H23F3N2O2. The lowest BCUT2D eigenvalue weighted by molar-refractivity contribution is -0.137. The number of alkyl halides is 3. The van der Waals surface area contributed by atoms with Gasteiger partial charge >= 0.3 is 6.18 Å². The maximum absolute atomic E-state index is 12.8. The molecular weight excluding hydrogens is 381 g/mol. The summed E-state index contributed by atoms with van der Waals surface area (Å²) in [7, 11) is 1.62. The summed E-state index contributed by atoms with van der Waals surface area (Å²) in [4.78, 5) is 16.5. The minimum atomic E-state index is -4.40. The second-order valence-electron chi connectivity index (χ2n) is 6.82. The molecule has 29 heavy (non-hydrogen) atoms. The van der Waals surface area contributed by atoms with Gasteiger partial charge in [0, 0.05) is 37.9 Å². The van der Waals surface area contributed by atoms with Crippen molar-refractivity contribution in [1.82, 2.24) is 4.90 Å². The highest BCUT2D eigenvalue weighted by molar-refractivity contribution is 5.91. The molecule has 1 aliphatic heterocycles. The van der Waals surface area contributed by atoms with E-state index in [2.05, 4.69) is 4.90 Å². The molecule has 7 heteroatoms. The minimum Gasteiger partial charge on any atom is -0.497 e. The Morgan fingerprint density at radius 3 is 2.48 bits per heavy atom. The molecule has 0 aliphatic carbocycles. The van der Waals surface area contributed by atoms with Gasteiger partial charge in [-0.15, -0.1) is 0 Å². The quantitative estimate of drug-likeness (QED) is 0.705. The normalized spacial score (nSPS) is 15.4. The van der Waals surface area contributed by atoms with Crippen LogP contribution in [0.2, 0.25) is 0 Å². The first-order chi connectivity index (χ1) is 13.9. The minimum absolute atomic E-state index is 0.195. The average Bonchev–Trinajstić information content (AvgIpc) is 2.98. The number of methoxy groups -OCH3 is 1. The van der Waals surface area contributed by atoms with E-state index >= 15 is 0 Å². The van der Waals surface area contributed by atoms with Crippen LogP contribution in [0, 0.1) is 0 Å². The van der Waals surface area contributed by atoms with Gasteiger partial charge in [-0.25, -0.2) is 0 Å². The molecule has 0 N–H and O–H groups in total. The van der Waals surface area contributed by atoms with Crippen LogP contribution in [0.4, 0.5) is 18.9 Å². The van der Waals surface area contributed by atoms with Gasteiger partial charge in [0.15, 0.2) is 0 Å². The van der Waals surface area contributed by atoms with Gasteiger partial charge in [0.2, 0.25) is 5.91 Å². The SMILES string of the molecule is COc1ccc(N2CCCN(C(=O)/C=C/c3cccc(C(F)(F)F)c3)CC2)cc1. The molecule has 0 saturated carbocycles. The molecule has 1 fully saturated rings. The number of halogens is 3. The zero-order valence-corrected chi connectivity index (χ0v) is 16.2. The number of ether oxygens (including phenoxy) is 1. The predicted octanol–water partition coefficient (Wildman–Crippen LogP) is 4.47. The van der Waals surface area contributed by atoms with E-state index in [0.29, 0.717) is 25.2 Å². The van der Waals surface area contributed by atoms with Gasteiger partial charge in [-0.2, -0.15) is 13.2 Å². The van der Waals surface area contributed by atoms with Crippen molar-refractivity contribution in [2.24, 2.45) is 0 Å². The molecule has 4 nitrogen and oxygen atoms in total. The van der Waals surface area contributed by atoms with Crippen LogP contribution in [0.25, 0.3) is 6.08 Å². The van der Waals surface area contributed by atoms with Crippen LogP contribution in [0.5, 0.6) is 5.75 Å². The highest BCUT2D eigenvalue weighted by Gasteiger charge is 2.30. The fourth-order valence-electron chi connectivity index (χ4n) is 3.28. The van der Waals surface area contributed by atoms with Crippen LogP contribution >= 0.6 is 0 Å². The third kappa shape index (κ3) is 5.53. The number of rotatable bonds is 4. The van der Waals surface area contributed by atoms with Gasteiger partial charge in [0.25, 0.3) is 0 Å². The number of benzene rings is 2. The van der Waals surface area contributed by atoms with Gasteiger partial charge in [-0.1, -0.05) is 12.1 Å². The molecule has 2 aromatic rings. The molecule has 1 aliphatic rings. The average molecular weight is 404 g/mol. The van der Waals surface area contributed by atoms with Crippen molar-refractivity contribution >= 4 is 17.7 Å². The van der Waals surface area contributed by atoms with E-state index in [9.17, 15) is 18.0 Å². The summed E-state index contributed by atoms with van der Waals surface area (Å²) in [5, 5.41) is 0. The van der Waals surface area contributed by atoms with Crippen LogP contribution < -0.4 is 9.64 Å². The lowest BCUT2D eigenvalue weighted by Crippen LogP contribution is -2.34. The second kappa shape index (κ2) is 9.03. The monoisotopic (exact) mass is 404 g/mol. The number of hydrogen-bond donors (Lipinski definition) is 0. The van der Waals surface area contributed by atoms with Crippen LogP contribution in [-0.2, 0) is 11.0 Å². The molecule has 0 spiro atoms. The molecule has 0 atom stereocenters. The summed E-state index contributed by atoms with van der Waals surface area (Å²) in [6, 6.07) is 12.7. The fourth-order valence-corrected chi connectivity index (χ4v) is 3.28. The molecule has 2 aromatic carbocycles. The summed E-state index contributed by atoms with van der Waals surface area (Å²) in [5.74, 6) is 0.596. The first-order valence-corrected chi connectivity index (χ1v) is 9.40. The zero-order valence-electron chi connectivity index (χ0n) is 16.2. The Kier molecular flexibility index (Phi) is 6.46. The second-order valence-corrected chi connectivity index (χ2v) is 6.82. The number of anilines is 1. The molecule has 0 unspecified atom stereocenters. The van der Waals surface area contributed by atoms with Gasteiger partial charge in [0.1, 0.15) is 5.75 Å². The standard InChI is InChI=1S/C22H23F3N2O2/c1-29-20-9-7-19(8-10-20)26-12-3-13-27(15-14-26)21(28)11-6-17-4-2-5-18(16-17)22(23,24)25/h2,4-11,16H,3,12-15H2,1H3/b11-6+. The van der Waals surface area contributed by atoms with Crippen molar-refractivity contribution in [1.29, 1.82) is 0 Å². The van der Waals surface area contributed by atoms with Crippen molar-refractivity contribution in [2.75, 3.05) is 38.2 Å². The van der Waals surface area contributed by atoms with E-state index in [0.717, 1.165) is 36.5 Å². The van der Waals surface area contributed by atoms with Crippen molar-refractivity contribution in [3.63, 3.8) is 0 Å². The Morgan fingerprint density at radius 1 is 1.03 bits per heavy atom. The van der Waals surface area contributed by atoms with Crippen molar-refractivity contribution in [3.05, 3.63) is 65.7 Å². The van der Waals surface area contributed by atoms with E-state index in [1.54, 1.807) is 18.1 Å². The summed E-state index contributed by atoms with van der Waals surface area (Å²) in [6.07, 6.45) is -0.805. The Hall–Kier alpha value is -2.96. The highest BCUT2D eigenvalue weighted by atomic mass is 19.4. The topological polar surface area (TPSA) is 32.8 Å². The Morgan fingerprint density at radius 2 is 1.79 bits per heavy atom. The molecule has 0 aromatic heterocycles. The number of carbonyl (C=O) groups is 1. The van der Waals surface area contributed by atoms with Crippen molar-refractivity contribution in [2.45, 2.75) is 12.6 Å². The number of amides is 1. The van der Waals surface area contributed by atoms with Gasteiger partial charge in [0.05, 0.1) is 12.7 Å². The molecule has 0 radical (unpaired) electrons. The Labute approximate surface area is 168 Å². The Bertz CT molecular complexity index is 863. The fraction of sp³-hybridized carbons (Fsp3) is 0.318. The van der Waals surface area contributed by atoms with E-state index in [1.807, 2.05) is 24.3 Å². The van der Waals surface area contributed by atoms with Crippen molar-refractivity contribution in [3.8, 4) is 5.75 Å². The maximum atomic E-state index is 12.8. The highest BCUT2D eigenvalue weighted by Crippen LogP contribution is 2.29. The van der Waals surface area contributed by atoms with E-state index in [-0.39, 0.29) is 5.91 Å². The molecule has 3 rings (SSSR count). The number of hydrogen-bond acceptors (Lipinski definition) is 3. The van der Waals surface area contributed by atoms with Crippen LogP contribution in [0.1, 0.15) is 17.5 Å². The number of carbonyl (C=O) groups excluding carboxylic acids is 1. The number of nitrogens with zero attached hydrogens (tertiary/aromatic N) is 2. The summed E-state index contributed by atoms with van der Waals surface area (Å²) in [6.45, 7) is 2.68. The van der Waals surface area contributed by atoms with Gasteiger partial charge in [-0.3, -0.25) is 4.79 Å². The lowest BCUT2D eigenvalue weighted by Gasteiger charge is -2.23. The maximum Gasteiger partial charge on any atom is 0.416 e. The van der Waals surface area contributed by atoms with Crippen molar-refractivity contribution < 1.29 is 22.7 Å². The first kappa shape index (κ1) is 20.8. The molecule has 0 bridgehead atoms. The summed E-state index contributed by atoms with van der Waals surface area (Å²) in [5.41, 5.74) is 0.694. The molecule has 154 valence electrons. The van der Waals surface area contributed by atoms with Crippen LogP contribution in [0.3, 0.4) is 0 Å². The largest absolute Gasteiger partial charge is 0.497 e. The van der Waals surface area contributed by atoms with Gasteiger partial charge in [-0.05, 0) is 54.5 Å². The first-order valence-electron chi connectivity index (χ1n) is 9.40. The summed E-state index contributed by atoms with van der Waals surface area (Å²) < 4.78 is 43.6. The molecule has 1 saturated heterocycles. The predicted molar refractivity (Wildman–Crippen MR) is 107 cm³/mol. The van der Waals surface area contributed by atoms with E-state index < -0.39 is 11.7 Å². The van der Waals surface area contributed by atoms with Gasteiger partial charge < -0.3 is 14.5 Å². The van der Waals surface area contributed by atoms with E-state index in [4.69, 9.17) is 4.74 Å². The summed E-state index contributed by atoms with van der Waals surface area (Å²) >= 11 is 0. The lowest BCUT2D eigenvalue weighted by atomic mass is 10.1.